The number of nitrogens with one attached hydrogen (secondary N) is 1. The van der Waals surface area contributed by atoms with Gasteiger partial charge in [-0.05, 0) is 93.2 Å². The SMILES string of the molecule is O=CC12CCC(O)CC1(O)CCC1(O)C2CCC23CCC#Cc4ccccc4CC(NCO)C4CC(CC12O)C3C1=CC(=O)OC14. The van der Waals surface area contributed by atoms with Crippen LogP contribution in [0.3, 0.4) is 0 Å². The van der Waals surface area contributed by atoms with Crippen molar-refractivity contribution in [2.45, 2.75) is 112 Å². The summed E-state index contributed by atoms with van der Waals surface area (Å²) in [5.74, 6) is 5.19. The molecule has 12 atom stereocenters. The van der Waals surface area contributed by atoms with Crippen LogP contribution in [0.5, 0.6) is 0 Å². The molecule has 0 aromatic heterocycles. The van der Waals surface area contributed by atoms with Crippen LogP contribution in [0.15, 0.2) is 35.9 Å². The van der Waals surface area contributed by atoms with Crippen molar-refractivity contribution in [1.29, 1.82) is 0 Å². The van der Waals surface area contributed by atoms with Crippen LogP contribution in [0.2, 0.25) is 0 Å². The van der Waals surface area contributed by atoms with Gasteiger partial charge in [-0.1, -0.05) is 30.0 Å². The zero-order valence-electron chi connectivity index (χ0n) is 26.2. The van der Waals surface area contributed by atoms with Crippen LogP contribution < -0.4 is 5.32 Å². The Morgan fingerprint density at radius 3 is 2.67 bits per heavy atom. The van der Waals surface area contributed by atoms with E-state index in [1.165, 1.54) is 0 Å². The Morgan fingerprint density at radius 2 is 1.87 bits per heavy atom. The fraction of sp³-hybridized carbons (Fsp3) is 0.676. The Bertz CT molecular complexity index is 1550. The van der Waals surface area contributed by atoms with Crippen molar-refractivity contribution < 1.29 is 39.9 Å². The van der Waals surface area contributed by atoms with Gasteiger partial charge in [-0.15, -0.1) is 0 Å². The van der Waals surface area contributed by atoms with Gasteiger partial charge >= 0.3 is 5.97 Å². The second kappa shape index (κ2) is 10.5. The van der Waals surface area contributed by atoms with Gasteiger partial charge in [0, 0.05) is 47.8 Å². The number of benzene rings is 1. The minimum absolute atomic E-state index is 0.0807. The van der Waals surface area contributed by atoms with E-state index >= 15 is 0 Å². The van der Waals surface area contributed by atoms with Crippen molar-refractivity contribution >= 4 is 12.3 Å². The van der Waals surface area contributed by atoms with Gasteiger partial charge < -0.3 is 35.1 Å². The van der Waals surface area contributed by atoms with Gasteiger partial charge in [-0.2, -0.15) is 0 Å². The molecule has 7 aliphatic rings. The van der Waals surface area contributed by atoms with Gasteiger partial charge in [0.05, 0.1) is 29.5 Å². The summed E-state index contributed by atoms with van der Waals surface area (Å²) in [7, 11) is 0. The monoisotopic (exact) mass is 631 g/mol. The molecule has 1 spiro atoms. The molecule has 1 aromatic rings. The molecular formula is C37H45NO8. The number of carbonyl (C=O) groups excluding carboxylic acids is 2. The third-order valence-corrected chi connectivity index (χ3v) is 14.1. The summed E-state index contributed by atoms with van der Waals surface area (Å²) >= 11 is 0. The molecule has 5 fully saturated rings. The number of aldehydes is 1. The molecule has 0 saturated heterocycles. The van der Waals surface area contributed by atoms with Crippen molar-refractivity contribution in [1.82, 2.24) is 5.32 Å². The summed E-state index contributed by atoms with van der Waals surface area (Å²) in [6, 6.07) is 7.75. The number of esters is 1. The van der Waals surface area contributed by atoms with Crippen LogP contribution in [0.4, 0.5) is 0 Å². The molecule has 0 amide bonds. The number of hydrogen-bond donors (Lipinski definition) is 6. The predicted molar refractivity (Wildman–Crippen MR) is 166 cm³/mol. The van der Waals surface area contributed by atoms with E-state index in [1.807, 2.05) is 18.2 Å². The predicted octanol–water partition coefficient (Wildman–Crippen LogP) is 1.90. The van der Waals surface area contributed by atoms with E-state index in [-0.39, 0.29) is 56.2 Å². The molecule has 0 radical (unpaired) electrons. The first-order valence-corrected chi connectivity index (χ1v) is 17.2. The number of ether oxygens (including phenoxy) is 1. The molecule has 6 aliphatic carbocycles. The highest BCUT2D eigenvalue weighted by Crippen LogP contribution is 2.75. The number of aliphatic hydroxyl groups excluding tert-OH is 2. The highest BCUT2D eigenvalue weighted by molar-refractivity contribution is 5.86. The van der Waals surface area contributed by atoms with Crippen LogP contribution >= 0.6 is 0 Å². The first kappa shape index (κ1) is 30.7. The van der Waals surface area contributed by atoms with Gasteiger partial charge in [0.15, 0.2) is 0 Å². The number of rotatable bonds is 3. The van der Waals surface area contributed by atoms with Crippen LogP contribution in [-0.4, -0.2) is 79.6 Å². The van der Waals surface area contributed by atoms with Crippen LogP contribution in [0.1, 0.15) is 81.8 Å². The maximum absolute atomic E-state index is 13.4. The lowest BCUT2D eigenvalue weighted by atomic mass is 9.39. The lowest BCUT2D eigenvalue weighted by Crippen LogP contribution is -2.77. The molecule has 8 rings (SSSR count). The second-order valence-electron chi connectivity index (χ2n) is 15.6. The van der Waals surface area contributed by atoms with Crippen LogP contribution in [-0.2, 0) is 20.7 Å². The van der Waals surface area contributed by atoms with Crippen LogP contribution in [0.25, 0.3) is 0 Å². The van der Waals surface area contributed by atoms with Gasteiger partial charge in [0.2, 0.25) is 0 Å². The standard InChI is InChI=1S/C37H45NO8/c39-20-34-11-8-25(41)19-35(34,43)13-14-36(44)29(34)9-12-33-10-4-3-6-22-5-1-2-7-23(22)16-28(38-21-40)26-15-24(18-37(33,36)45)31(33)27-17-30(42)46-32(26)27/h1-2,5,7,17,20,24-26,28-29,31-32,38,40-41,43-45H,4,8-16,18-19,21H2. The minimum atomic E-state index is -1.66. The minimum Gasteiger partial charge on any atom is -0.454 e. The Hall–Kier alpha value is -2.58. The molecular weight excluding hydrogens is 586 g/mol. The molecule has 1 heterocycles. The fourth-order valence-corrected chi connectivity index (χ4v) is 12.4. The summed E-state index contributed by atoms with van der Waals surface area (Å²) in [5.41, 5.74) is -4.00. The number of hydrogen-bond acceptors (Lipinski definition) is 9. The molecule has 5 saturated carbocycles. The number of fused-ring (bicyclic) bond motifs is 8. The highest BCUT2D eigenvalue weighted by atomic mass is 16.5. The van der Waals surface area contributed by atoms with Gasteiger partial charge in [0.25, 0.3) is 0 Å². The summed E-state index contributed by atoms with van der Waals surface area (Å²) in [6.45, 7) is -0.247. The first-order valence-electron chi connectivity index (χ1n) is 17.2. The molecule has 12 unspecified atom stereocenters. The molecule has 9 nitrogen and oxygen atoms in total. The lowest BCUT2D eigenvalue weighted by molar-refractivity contribution is -0.319. The third kappa shape index (κ3) is 3.86. The normalized spacial score (nSPS) is 48.8. The summed E-state index contributed by atoms with van der Waals surface area (Å²) in [6.07, 6.45) is 5.54. The maximum atomic E-state index is 13.4. The Kier molecular flexibility index (Phi) is 6.99. The lowest BCUT2D eigenvalue weighted by Gasteiger charge is -2.69. The topological polar surface area (TPSA) is 157 Å². The summed E-state index contributed by atoms with van der Waals surface area (Å²) in [5, 5.41) is 62.3. The Labute approximate surface area is 269 Å². The summed E-state index contributed by atoms with van der Waals surface area (Å²) in [4.78, 5) is 26.2. The Balaban J connectivity index is 1.29. The molecule has 4 bridgehead atoms. The molecule has 9 heteroatoms. The molecule has 46 heavy (non-hydrogen) atoms. The summed E-state index contributed by atoms with van der Waals surface area (Å²) < 4.78 is 6.06. The van der Waals surface area contributed by atoms with Crippen molar-refractivity contribution in [3.8, 4) is 11.8 Å². The van der Waals surface area contributed by atoms with Gasteiger partial charge in [0.1, 0.15) is 18.0 Å². The largest absolute Gasteiger partial charge is 0.454 e. The van der Waals surface area contributed by atoms with E-state index in [1.54, 1.807) is 6.08 Å². The van der Waals surface area contributed by atoms with E-state index in [9.17, 15) is 35.1 Å². The van der Waals surface area contributed by atoms with E-state index in [4.69, 9.17) is 4.74 Å². The molecule has 6 N–H and O–H groups in total. The number of carbonyl (C=O) groups is 2. The van der Waals surface area contributed by atoms with E-state index in [2.05, 4.69) is 23.2 Å². The molecule has 246 valence electrons. The van der Waals surface area contributed by atoms with Gasteiger partial charge in [-0.25, -0.2) is 4.79 Å². The average molecular weight is 632 g/mol. The smallest absolute Gasteiger partial charge is 0.331 e. The van der Waals surface area contributed by atoms with Crippen molar-refractivity contribution in [3.05, 3.63) is 47.0 Å². The van der Waals surface area contributed by atoms with Crippen LogP contribution in [0, 0.1) is 46.3 Å². The zero-order chi connectivity index (χ0) is 32.1. The average Bonchev–Trinajstić information content (AvgIpc) is 3.54. The fourth-order valence-electron chi connectivity index (χ4n) is 12.4. The molecule has 1 aromatic carbocycles. The third-order valence-electron chi connectivity index (χ3n) is 14.1. The zero-order valence-corrected chi connectivity index (χ0v) is 26.2. The van der Waals surface area contributed by atoms with E-state index in [0.29, 0.717) is 51.4 Å². The Morgan fingerprint density at radius 1 is 1.04 bits per heavy atom. The highest BCUT2D eigenvalue weighted by Gasteiger charge is 2.80. The van der Waals surface area contributed by atoms with E-state index < -0.39 is 51.7 Å². The quantitative estimate of drug-likeness (QED) is 0.127. The first-order chi connectivity index (χ1) is 22.0. The second-order valence-corrected chi connectivity index (χ2v) is 15.6. The van der Waals surface area contributed by atoms with Crippen molar-refractivity contribution in [2.75, 3.05) is 6.73 Å². The van der Waals surface area contributed by atoms with Crippen molar-refractivity contribution in [3.63, 3.8) is 0 Å². The molecule has 1 aliphatic heterocycles. The van der Waals surface area contributed by atoms with Gasteiger partial charge in [-0.3, -0.25) is 5.32 Å². The number of aliphatic hydroxyl groups is 5. The maximum Gasteiger partial charge on any atom is 0.331 e. The van der Waals surface area contributed by atoms with E-state index in [0.717, 1.165) is 23.0 Å². The van der Waals surface area contributed by atoms with Crippen molar-refractivity contribution in [2.24, 2.45) is 34.5 Å².